The Kier molecular flexibility index (Phi) is 0.937. The van der Waals surface area contributed by atoms with Crippen LogP contribution < -0.4 is 0 Å². The lowest BCUT2D eigenvalue weighted by atomic mass is 10.3. The van der Waals surface area contributed by atoms with Crippen molar-refractivity contribution in [1.29, 1.82) is 5.26 Å². The summed E-state index contributed by atoms with van der Waals surface area (Å²) in [6.07, 6.45) is 3.06. The normalized spacial score (nSPS) is 11.0. The molecule has 3 heteroatoms. The van der Waals surface area contributed by atoms with E-state index >= 15 is 0 Å². The molecule has 0 aliphatic heterocycles. The molecule has 2 aromatic rings. The van der Waals surface area contributed by atoms with Gasteiger partial charge in [-0.15, -0.1) is 0 Å². The highest BCUT2D eigenvalue weighted by Crippen LogP contribution is 2.06. The molecule has 0 radical (unpaired) electrons. The first-order valence-corrected chi connectivity index (χ1v) is 3.15. The van der Waals surface area contributed by atoms with Crippen molar-refractivity contribution in [2.45, 2.75) is 0 Å². The van der Waals surface area contributed by atoms with Gasteiger partial charge in [-0.3, -0.25) is 0 Å². The average molecular weight is 144 g/mol. The van der Waals surface area contributed by atoms with E-state index in [0.717, 1.165) is 5.52 Å². The van der Waals surface area contributed by atoms with Crippen molar-refractivity contribution in [1.82, 2.24) is 9.61 Å². The van der Waals surface area contributed by atoms with Crippen molar-refractivity contribution >= 4 is 5.52 Å². The molecule has 2 aromatic heterocycles. The SMILES string of the molecule is [2H]c1ccc2c(C#N)cnn2c1. The number of hydrogen-bond donors (Lipinski definition) is 0. The van der Waals surface area contributed by atoms with Crippen molar-refractivity contribution in [2.75, 3.05) is 0 Å². The largest absolute Gasteiger partial charge is 0.240 e. The fraction of sp³-hybridized carbons (Fsp3) is 0. The van der Waals surface area contributed by atoms with Crippen LogP contribution in [0.1, 0.15) is 6.93 Å². The smallest absolute Gasteiger partial charge is 0.103 e. The summed E-state index contributed by atoms with van der Waals surface area (Å²) in [5, 5.41) is 12.6. The summed E-state index contributed by atoms with van der Waals surface area (Å²) in [5.41, 5.74) is 1.28. The zero-order valence-electron chi connectivity index (χ0n) is 6.65. The number of nitriles is 1. The number of rotatable bonds is 0. The Labute approximate surface area is 64.9 Å². The molecule has 0 fully saturated rings. The first-order chi connectivity index (χ1) is 5.81. The highest BCUT2D eigenvalue weighted by atomic mass is 15.2. The van der Waals surface area contributed by atoms with E-state index in [1.807, 2.05) is 6.07 Å². The number of nitrogens with zero attached hydrogens (tertiary/aromatic N) is 3. The van der Waals surface area contributed by atoms with Crippen LogP contribution in [-0.2, 0) is 0 Å². The van der Waals surface area contributed by atoms with E-state index in [4.69, 9.17) is 6.63 Å². The lowest BCUT2D eigenvalue weighted by Crippen LogP contribution is -1.82. The molecule has 0 unspecified atom stereocenters. The van der Waals surface area contributed by atoms with E-state index < -0.39 is 0 Å². The molecule has 0 atom stereocenters. The quantitative estimate of drug-likeness (QED) is 0.557. The fourth-order valence-corrected chi connectivity index (χ4v) is 0.968. The van der Waals surface area contributed by atoms with Gasteiger partial charge in [0.25, 0.3) is 0 Å². The van der Waals surface area contributed by atoms with Gasteiger partial charge >= 0.3 is 0 Å². The van der Waals surface area contributed by atoms with E-state index in [-0.39, 0.29) is 0 Å². The number of hydrogen-bond acceptors (Lipinski definition) is 2. The monoisotopic (exact) mass is 144 g/mol. The van der Waals surface area contributed by atoms with Crippen LogP contribution in [-0.4, -0.2) is 9.61 Å². The Morgan fingerprint density at radius 3 is 3.45 bits per heavy atom. The highest BCUT2D eigenvalue weighted by molar-refractivity contribution is 5.59. The molecule has 0 N–H and O–H groups in total. The molecule has 0 amide bonds. The van der Waals surface area contributed by atoms with Gasteiger partial charge < -0.3 is 0 Å². The molecular formula is C8H5N3. The minimum atomic E-state index is 0.384. The summed E-state index contributed by atoms with van der Waals surface area (Å²) in [7, 11) is 0. The highest BCUT2D eigenvalue weighted by Gasteiger charge is 1.98. The Morgan fingerprint density at radius 2 is 2.64 bits per heavy atom. The van der Waals surface area contributed by atoms with Crippen LogP contribution in [0.15, 0.2) is 30.6 Å². The Bertz CT molecular complexity index is 467. The van der Waals surface area contributed by atoms with Crippen molar-refractivity contribution in [3.8, 4) is 6.07 Å². The molecule has 0 aliphatic carbocycles. The van der Waals surface area contributed by atoms with Gasteiger partial charge in [0.2, 0.25) is 0 Å². The fourth-order valence-electron chi connectivity index (χ4n) is 0.968. The van der Waals surface area contributed by atoms with Gasteiger partial charge in [0.1, 0.15) is 6.07 Å². The molecule has 2 rings (SSSR count). The lowest BCUT2D eigenvalue weighted by Gasteiger charge is -1.88. The van der Waals surface area contributed by atoms with Gasteiger partial charge in [-0.1, -0.05) is 6.07 Å². The van der Waals surface area contributed by atoms with Crippen LogP contribution in [0.3, 0.4) is 0 Å². The summed E-state index contributed by atoms with van der Waals surface area (Å²) in [6.45, 7) is 0. The van der Waals surface area contributed by atoms with E-state index in [9.17, 15) is 0 Å². The summed E-state index contributed by atoms with van der Waals surface area (Å²) < 4.78 is 8.83. The Hall–Kier alpha value is -1.82. The second kappa shape index (κ2) is 2.10. The average Bonchev–Trinajstić information content (AvgIpc) is 2.46. The van der Waals surface area contributed by atoms with Gasteiger partial charge in [-0.05, 0) is 12.1 Å². The Balaban J connectivity index is 2.84. The van der Waals surface area contributed by atoms with E-state index in [1.165, 1.54) is 10.7 Å². The van der Waals surface area contributed by atoms with Crippen LogP contribution in [0, 0.1) is 11.3 Å². The molecule has 52 valence electrons. The molecule has 0 saturated carbocycles. The van der Waals surface area contributed by atoms with Gasteiger partial charge in [0.15, 0.2) is 0 Å². The lowest BCUT2D eigenvalue weighted by molar-refractivity contribution is 0.961. The second-order valence-corrected chi connectivity index (χ2v) is 2.13. The molecule has 11 heavy (non-hydrogen) atoms. The molecule has 3 nitrogen and oxygen atoms in total. The predicted octanol–water partition coefficient (Wildman–Crippen LogP) is 1.21. The molecule has 0 aromatic carbocycles. The van der Waals surface area contributed by atoms with Crippen LogP contribution in [0.2, 0.25) is 0 Å². The van der Waals surface area contributed by atoms with Crippen LogP contribution in [0.4, 0.5) is 0 Å². The maximum Gasteiger partial charge on any atom is 0.103 e. The number of fused-ring (bicyclic) bond motifs is 1. The molecule has 2 heterocycles. The van der Waals surface area contributed by atoms with E-state index in [2.05, 4.69) is 5.10 Å². The summed E-state index contributed by atoms with van der Waals surface area (Å²) >= 11 is 0. The first kappa shape index (κ1) is 4.91. The summed E-state index contributed by atoms with van der Waals surface area (Å²) in [5.74, 6) is 0. The number of pyridine rings is 1. The van der Waals surface area contributed by atoms with Crippen LogP contribution >= 0.6 is 0 Å². The molecule has 0 saturated heterocycles. The molecule has 0 bridgehead atoms. The predicted molar refractivity (Wildman–Crippen MR) is 39.9 cm³/mol. The van der Waals surface area contributed by atoms with Crippen molar-refractivity contribution in [2.24, 2.45) is 0 Å². The van der Waals surface area contributed by atoms with E-state index in [1.54, 1.807) is 18.3 Å². The summed E-state index contributed by atoms with van der Waals surface area (Å²) in [6, 6.07) is 5.76. The third-order valence-corrected chi connectivity index (χ3v) is 1.49. The van der Waals surface area contributed by atoms with Gasteiger partial charge in [0.05, 0.1) is 18.6 Å². The third kappa shape index (κ3) is 0.767. The van der Waals surface area contributed by atoms with Crippen molar-refractivity contribution in [3.05, 3.63) is 36.1 Å². The zero-order chi connectivity index (χ0) is 8.55. The topological polar surface area (TPSA) is 41.1 Å². The first-order valence-electron chi connectivity index (χ1n) is 3.65. The van der Waals surface area contributed by atoms with Gasteiger partial charge in [-0.2, -0.15) is 10.4 Å². The molecule has 0 aliphatic rings. The standard InChI is InChI=1S/C8H5N3/c9-5-7-6-10-11-4-2-1-3-8(7)11/h1-4,6H/i2D. The van der Waals surface area contributed by atoms with Gasteiger partial charge in [0, 0.05) is 6.20 Å². The zero-order valence-corrected chi connectivity index (χ0v) is 5.65. The molecule has 0 spiro atoms. The maximum absolute atomic E-state index is 8.64. The minimum absolute atomic E-state index is 0.384. The third-order valence-electron chi connectivity index (χ3n) is 1.49. The van der Waals surface area contributed by atoms with Crippen LogP contribution in [0.5, 0.6) is 0 Å². The summed E-state index contributed by atoms with van der Waals surface area (Å²) in [4.78, 5) is 0. The van der Waals surface area contributed by atoms with E-state index in [0.29, 0.717) is 11.6 Å². The van der Waals surface area contributed by atoms with Crippen molar-refractivity contribution < 1.29 is 1.37 Å². The molecular weight excluding hydrogens is 138 g/mol. The van der Waals surface area contributed by atoms with Crippen LogP contribution in [0.25, 0.3) is 5.52 Å². The maximum atomic E-state index is 8.64. The Morgan fingerprint density at radius 1 is 1.73 bits per heavy atom. The minimum Gasteiger partial charge on any atom is -0.240 e. The second-order valence-electron chi connectivity index (χ2n) is 2.13. The van der Waals surface area contributed by atoms with Crippen molar-refractivity contribution in [3.63, 3.8) is 0 Å². The number of aromatic nitrogens is 2. The van der Waals surface area contributed by atoms with Gasteiger partial charge in [-0.25, -0.2) is 4.52 Å².